The maximum atomic E-state index is 12.5. The molecule has 1 rings (SSSR count). The predicted octanol–water partition coefficient (Wildman–Crippen LogP) is 1.54. The Morgan fingerprint density at radius 2 is 2.12 bits per heavy atom. The number of hydrogen-bond donors (Lipinski definition) is 1. The molecule has 1 aromatic rings. The lowest BCUT2D eigenvalue weighted by atomic mass is 10.3. The van der Waals surface area contributed by atoms with Gasteiger partial charge in [-0.15, -0.1) is 0 Å². The second-order valence-electron chi connectivity index (χ2n) is 2.70. The molecular weight excluding hydrogens is 266 g/mol. The van der Waals surface area contributed by atoms with E-state index in [9.17, 15) is 17.2 Å². The Hall–Kier alpha value is -1.15. The summed E-state index contributed by atoms with van der Waals surface area (Å²) in [4.78, 5) is 2.61. The Morgan fingerprint density at radius 1 is 1.56 bits per heavy atom. The number of ether oxygens (including phenoxy) is 1. The zero-order valence-electron chi connectivity index (χ0n) is 7.95. The highest BCUT2D eigenvalue weighted by Gasteiger charge is 2.27. The van der Waals surface area contributed by atoms with E-state index in [1.165, 1.54) is 0 Å². The van der Waals surface area contributed by atoms with E-state index in [4.69, 9.17) is 16.4 Å². The van der Waals surface area contributed by atoms with Crippen LogP contribution in [-0.2, 0) is 9.05 Å². The van der Waals surface area contributed by atoms with Crippen LogP contribution in [0.5, 0.6) is 5.75 Å². The van der Waals surface area contributed by atoms with Crippen molar-refractivity contribution in [1.82, 2.24) is 4.98 Å². The summed E-state index contributed by atoms with van der Waals surface area (Å²) in [7, 11) is 1.80. The summed E-state index contributed by atoms with van der Waals surface area (Å²) >= 11 is 0. The highest BCUT2D eigenvalue weighted by molar-refractivity contribution is 8.14. The van der Waals surface area contributed by atoms with Crippen LogP contribution in [0.4, 0.5) is 14.5 Å². The van der Waals surface area contributed by atoms with Crippen LogP contribution in [0.1, 0.15) is 12.1 Å². The van der Waals surface area contributed by atoms with Gasteiger partial charge in [0.25, 0.3) is 15.5 Å². The zero-order valence-corrected chi connectivity index (χ0v) is 9.52. The number of nitrogens with two attached hydrogens (primary N) is 1. The van der Waals surface area contributed by atoms with Crippen LogP contribution in [0.3, 0.4) is 0 Å². The summed E-state index contributed by atoms with van der Waals surface area (Å²) in [5.41, 5.74) is 4.13. The fourth-order valence-electron chi connectivity index (χ4n) is 1.11. The van der Waals surface area contributed by atoms with Crippen molar-refractivity contribution in [3.05, 3.63) is 11.9 Å². The number of aromatic nitrogens is 1. The van der Waals surface area contributed by atoms with Gasteiger partial charge >= 0.3 is 0 Å². The van der Waals surface area contributed by atoms with Crippen molar-refractivity contribution in [2.24, 2.45) is 0 Å². The molecule has 0 aliphatic carbocycles. The average molecular weight is 273 g/mol. The Balaban J connectivity index is 3.64. The van der Waals surface area contributed by atoms with Crippen LogP contribution in [0.25, 0.3) is 0 Å². The van der Waals surface area contributed by atoms with Gasteiger partial charge in [0.1, 0.15) is 5.69 Å². The minimum absolute atomic E-state index is 0.351. The molecule has 2 N–H and O–H groups in total. The van der Waals surface area contributed by atoms with Crippen molar-refractivity contribution >= 4 is 25.4 Å². The Kier molecular flexibility index (Phi) is 3.54. The van der Waals surface area contributed by atoms with Crippen molar-refractivity contribution in [2.45, 2.75) is 11.3 Å². The third-order valence-electron chi connectivity index (χ3n) is 1.70. The van der Waals surface area contributed by atoms with Crippen LogP contribution in [0.2, 0.25) is 0 Å². The molecule has 0 saturated carbocycles. The first-order valence-electron chi connectivity index (χ1n) is 3.84. The maximum Gasteiger partial charge on any atom is 0.284 e. The first-order chi connectivity index (χ1) is 7.29. The SMILES string of the molecule is COc1c(C(F)F)ncc(N)c1S(=O)(=O)Cl. The molecule has 0 amide bonds. The number of alkyl halides is 2. The number of nitrogen functional groups attached to an aromatic ring is 1. The Labute approximate surface area is 94.6 Å². The molecule has 90 valence electrons. The summed E-state index contributed by atoms with van der Waals surface area (Å²) < 4.78 is 51.8. The van der Waals surface area contributed by atoms with Crippen molar-refractivity contribution in [3.8, 4) is 5.75 Å². The fraction of sp³-hybridized carbons (Fsp3) is 0.286. The van der Waals surface area contributed by atoms with Gasteiger partial charge in [-0.3, -0.25) is 0 Å². The van der Waals surface area contributed by atoms with Gasteiger partial charge in [-0.1, -0.05) is 0 Å². The van der Waals surface area contributed by atoms with Crippen LogP contribution >= 0.6 is 10.7 Å². The fourth-order valence-corrected chi connectivity index (χ4v) is 2.33. The van der Waals surface area contributed by atoms with E-state index < -0.39 is 31.8 Å². The normalized spacial score (nSPS) is 11.8. The lowest BCUT2D eigenvalue weighted by Gasteiger charge is -2.11. The topological polar surface area (TPSA) is 82.3 Å². The summed E-state index contributed by atoms with van der Waals surface area (Å²) in [6.07, 6.45) is -2.20. The number of pyridine rings is 1. The second kappa shape index (κ2) is 4.38. The van der Waals surface area contributed by atoms with E-state index in [0.717, 1.165) is 13.3 Å². The predicted molar refractivity (Wildman–Crippen MR) is 53.2 cm³/mol. The third kappa shape index (κ3) is 2.33. The highest BCUT2D eigenvalue weighted by Crippen LogP contribution is 2.37. The first kappa shape index (κ1) is 12.9. The minimum atomic E-state index is -4.28. The van der Waals surface area contributed by atoms with Gasteiger partial charge in [-0.2, -0.15) is 0 Å². The molecule has 0 aromatic carbocycles. The number of anilines is 1. The van der Waals surface area contributed by atoms with E-state index >= 15 is 0 Å². The van der Waals surface area contributed by atoms with E-state index in [2.05, 4.69) is 9.72 Å². The zero-order chi connectivity index (χ0) is 12.5. The average Bonchev–Trinajstić information content (AvgIpc) is 2.14. The van der Waals surface area contributed by atoms with Crippen LogP contribution in [-0.4, -0.2) is 20.5 Å². The molecule has 1 aromatic heterocycles. The van der Waals surface area contributed by atoms with Crippen LogP contribution < -0.4 is 10.5 Å². The van der Waals surface area contributed by atoms with E-state index in [0.29, 0.717) is 0 Å². The molecule has 0 unspecified atom stereocenters. The molecule has 16 heavy (non-hydrogen) atoms. The maximum absolute atomic E-state index is 12.5. The largest absolute Gasteiger partial charge is 0.493 e. The van der Waals surface area contributed by atoms with Crippen LogP contribution in [0, 0.1) is 0 Å². The Morgan fingerprint density at radius 3 is 2.50 bits per heavy atom. The molecule has 5 nitrogen and oxygen atoms in total. The lowest BCUT2D eigenvalue weighted by Crippen LogP contribution is -2.06. The quantitative estimate of drug-likeness (QED) is 0.844. The summed E-state index contributed by atoms with van der Waals surface area (Å²) in [6.45, 7) is 0. The van der Waals surface area contributed by atoms with Gasteiger partial charge in [-0.05, 0) is 0 Å². The van der Waals surface area contributed by atoms with Gasteiger partial charge < -0.3 is 10.5 Å². The molecule has 0 radical (unpaired) electrons. The molecular formula is C7H7ClF2N2O3S. The van der Waals surface area contributed by atoms with E-state index in [-0.39, 0.29) is 5.69 Å². The van der Waals surface area contributed by atoms with Gasteiger partial charge in [0, 0.05) is 10.7 Å². The standard InChI is InChI=1S/C7H7ClF2N2O3S/c1-15-5-4(7(9)10)12-2-3(11)6(5)16(8,13)14/h2,7H,11H2,1H3. The summed E-state index contributed by atoms with van der Waals surface area (Å²) in [5.74, 6) is -0.634. The molecule has 0 spiro atoms. The number of halogens is 3. The number of methoxy groups -OCH3 is 1. The summed E-state index contributed by atoms with van der Waals surface area (Å²) in [5, 5.41) is 0. The van der Waals surface area contributed by atoms with Crippen molar-refractivity contribution in [3.63, 3.8) is 0 Å². The third-order valence-corrected chi connectivity index (χ3v) is 3.07. The highest BCUT2D eigenvalue weighted by atomic mass is 35.7. The number of rotatable bonds is 3. The molecule has 0 atom stereocenters. The smallest absolute Gasteiger partial charge is 0.284 e. The molecule has 0 aliphatic rings. The Bertz CT molecular complexity index is 507. The van der Waals surface area contributed by atoms with E-state index in [1.54, 1.807) is 0 Å². The van der Waals surface area contributed by atoms with Gasteiger partial charge in [0.15, 0.2) is 10.6 Å². The molecule has 0 bridgehead atoms. The first-order valence-corrected chi connectivity index (χ1v) is 6.15. The van der Waals surface area contributed by atoms with Gasteiger partial charge in [-0.25, -0.2) is 22.2 Å². The van der Waals surface area contributed by atoms with Crippen molar-refractivity contribution in [2.75, 3.05) is 12.8 Å². The second-order valence-corrected chi connectivity index (χ2v) is 5.20. The molecule has 0 aliphatic heterocycles. The summed E-state index contributed by atoms with van der Waals surface area (Å²) in [6, 6.07) is 0. The van der Waals surface area contributed by atoms with E-state index in [1.807, 2.05) is 0 Å². The van der Waals surface area contributed by atoms with Gasteiger partial charge in [0.2, 0.25) is 0 Å². The van der Waals surface area contributed by atoms with Crippen LogP contribution in [0.15, 0.2) is 11.1 Å². The van der Waals surface area contributed by atoms with Crippen molar-refractivity contribution < 1.29 is 21.9 Å². The van der Waals surface area contributed by atoms with Crippen molar-refractivity contribution in [1.29, 1.82) is 0 Å². The molecule has 1 heterocycles. The van der Waals surface area contributed by atoms with Gasteiger partial charge in [0.05, 0.1) is 19.0 Å². The minimum Gasteiger partial charge on any atom is -0.493 e. The molecule has 9 heteroatoms. The monoisotopic (exact) mass is 272 g/mol. The lowest BCUT2D eigenvalue weighted by molar-refractivity contribution is 0.141. The number of nitrogens with zero attached hydrogens (tertiary/aromatic N) is 1. The molecule has 0 fully saturated rings. The number of hydrogen-bond acceptors (Lipinski definition) is 5. The molecule has 0 saturated heterocycles.